The largest absolute Gasteiger partial charge is 0.416 e. The lowest BCUT2D eigenvalue weighted by molar-refractivity contribution is -0.233. The van der Waals surface area contributed by atoms with E-state index >= 15 is 0 Å². The lowest BCUT2D eigenvalue weighted by Gasteiger charge is -2.33. The van der Waals surface area contributed by atoms with E-state index in [4.69, 9.17) is 4.74 Å². The Bertz CT molecular complexity index is 1370. The zero-order chi connectivity index (χ0) is 27.1. The number of H-pyrrole nitrogens is 1. The molecule has 0 spiro atoms. The van der Waals surface area contributed by atoms with Crippen molar-refractivity contribution in [3.8, 4) is 0 Å². The van der Waals surface area contributed by atoms with Gasteiger partial charge >= 0.3 is 12.4 Å². The molecule has 0 saturated carbocycles. The van der Waals surface area contributed by atoms with Crippen LogP contribution in [0, 0.1) is 6.92 Å². The van der Waals surface area contributed by atoms with E-state index in [-0.39, 0.29) is 41.0 Å². The average Bonchev–Trinajstić information content (AvgIpc) is 2.82. The summed E-state index contributed by atoms with van der Waals surface area (Å²) in [5, 5.41) is 2.92. The molecule has 1 saturated heterocycles. The smallest absolute Gasteiger partial charge is 0.379 e. The van der Waals surface area contributed by atoms with Crippen molar-refractivity contribution in [1.29, 1.82) is 0 Å². The van der Waals surface area contributed by atoms with Gasteiger partial charge in [-0.2, -0.15) is 26.3 Å². The number of rotatable bonds is 4. The minimum absolute atomic E-state index is 0.00184. The van der Waals surface area contributed by atoms with Gasteiger partial charge < -0.3 is 19.9 Å². The molecule has 2 unspecified atom stereocenters. The number of fused-ring (bicyclic) bond motifs is 1. The van der Waals surface area contributed by atoms with Gasteiger partial charge in [0, 0.05) is 23.8 Å². The summed E-state index contributed by atoms with van der Waals surface area (Å²) in [6.07, 6.45) is -11.4. The highest BCUT2D eigenvalue weighted by Crippen LogP contribution is 2.37. The highest BCUT2D eigenvalue weighted by Gasteiger charge is 2.44. The van der Waals surface area contributed by atoms with Crippen molar-refractivity contribution in [2.75, 3.05) is 25.0 Å². The van der Waals surface area contributed by atoms with Crippen LogP contribution in [0.1, 0.15) is 40.3 Å². The molecule has 2 atom stereocenters. The number of morpholine rings is 1. The number of aryl methyl sites for hydroxylation is 1. The molecule has 3 aromatic rings. The van der Waals surface area contributed by atoms with Crippen LogP contribution >= 0.6 is 0 Å². The molecule has 37 heavy (non-hydrogen) atoms. The predicted octanol–water partition coefficient (Wildman–Crippen LogP) is 4.83. The van der Waals surface area contributed by atoms with Crippen LogP contribution in [0.2, 0.25) is 0 Å². The average molecular weight is 528 g/mol. The van der Waals surface area contributed by atoms with E-state index in [0.29, 0.717) is 5.69 Å². The number of aromatic amines is 1. The number of alkyl halides is 6. The number of hydrogen-bond acceptors (Lipinski definition) is 5. The maximum absolute atomic E-state index is 13.8. The Morgan fingerprint density at radius 1 is 1.16 bits per heavy atom. The summed E-state index contributed by atoms with van der Waals surface area (Å²) in [5.74, 6) is -0.432. The number of hydrogen-bond donors (Lipinski definition) is 2. The zero-order valence-corrected chi connectivity index (χ0v) is 19.6. The Kier molecular flexibility index (Phi) is 6.93. The summed E-state index contributed by atoms with van der Waals surface area (Å²) in [4.78, 5) is 32.5. The van der Waals surface area contributed by atoms with E-state index in [1.807, 2.05) is 0 Å². The van der Waals surface area contributed by atoms with Gasteiger partial charge in [0.2, 0.25) is 0 Å². The van der Waals surface area contributed by atoms with Crippen molar-refractivity contribution in [3.63, 3.8) is 0 Å². The lowest BCUT2D eigenvalue weighted by atomic mass is 9.98. The second kappa shape index (κ2) is 9.69. The molecule has 1 amide bonds. The molecule has 0 aliphatic carbocycles. The SMILES string of the molecule is Cc1nc2cc(C(F)(F)F)c(C(C)Nc3ccc(C(=O)N4CCOC(C(F)(F)F)C4)cc3)cc2c(=O)[nH]1. The van der Waals surface area contributed by atoms with E-state index in [9.17, 15) is 35.9 Å². The van der Waals surface area contributed by atoms with Crippen molar-refractivity contribution in [3.05, 3.63) is 69.3 Å². The minimum Gasteiger partial charge on any atom is -0.379 e. The molecule has 2 aromatic carbocycles. The van der Waals surface area contributed by atoms with Crippen molar-refractivity contribution < 1.29 is 35.9 Å². The summed E-state index contributed by atoms with van der Waals surface area (Å²) in [6.45, 7) is 2.07. The highest BCUT2D eigenvalue weighted by atomic mass is 19.4. The lowest BCUT2D eigenvalue weighted by Crippen LogP contribution is -2.51. The molecular weight excluding hydrogens is 506 g/mol. The first-order chi connectivity index (χ1) is 17.2. The van der Waals surface area contributed by atoms with E-state index in [1.54, 1.807) is 0 Å². The van der Waals surface area contributed by atoms with Crippen LogP contribution in [-0.4, -0.2) is 52.8 Å². The monoisotopic (exact) mass is 528 g/mol. The van der Waals surface area contributed by atoms with Gasteiger partial charge in [0.05, 0.1) is 29.6 Å². The number of nitrogens with zero attached hydrogens (tertiary/aromatic N) is 2. The first-order valence-electron chi connectivity index (χ1n) is 11.2. The van der Waals surface area contributed by atoms with Crippen molar-refractivity contribution in [2.45, 2.75) is 38.3 Å². The van der Waals surface area contributed by atoms with Crippen LogP contribution in [0.3, 0.4) is 0 Å². The van der Waals surface area contributed by atoms with Crippen LogP contribution in [0.4, 0.5) is 32.0 Å². The van der Waals surface area contributed by atoms with Gasteiger partial charge in [0.15, 0.2) is 6.10 Å². The Morgan fingerprint density at radius 3 is 2.46 bits per heavy atom. The number of aromatic nitrogens is 2. The fourth-order valence-corrected chi connectivity index (χ4v) is 4.17. The molecule has 7 nitrogen and oxygen atoms in total. The molecule has 4 rings (SSSR count). The molecule has 0 radical (unpaired) electrons. The van der Waals surface area contributed by atoms with E-state index in [0.717, 1.165) is 17.0 Å². The number of ether oxygens (including phenoxy) is 1. The number of carbonyl (C=O) groups excluding carboxylic acids is 1. The molecular formula is C24H22F6N4O3. The normalized spacial score (nSPS) is 17.6. The van der Waals surface area contributed by atoms with Gasteiger partial charge in [0.1, 0.15) is 5.82 Å². The Balaban J connectivity index is 1.56. The van der Waals surface area contributed by atoms with E-state index in [2.05, 4.69) is 15.3 Å². The van der Waals surface area contributed by atoms with Crippen LogP contribution in [0.5, 0.6) is 0 Å². The van der Waals surface area contributed by atoms with Gasteiger partial charge in [-0.3, -0.25) is 9.59 Å². The highest BCUT2D eigenvalue weighted by molar-refractivity contribution is 5.94. The van der Waals surface area contributed by atoms with Crippen LogP contribution in [0.25, 0.3) is 10.9 Å². The van der Waals surface area contributed by atoms with Gasteiger partial charge in [-0.25, -0.2) is 4.98 Å². The fraction of sp³-hybridized carbons (Fsp3) is 0.375. The summed E-state index contributed by atoms with van der Waals surface area (Å²) in [5.41, 5.74) is -1.29. The van der Waals surface area contributed by atoms with E-state index < -0.39 is 48.1 Å². The molecule has 1 aromatic heterocycles. The summed E-state index contributed by atoms with van der Waals surface area (Å²) in [6, 6.07) is 6.71. The Morgan fingerprint density at radius 2 is 1.84 bits per heavy atom. The molecule has 1 aliphatic rings. The topological polar surface area (TPSA) is 87.3 Å². The third kappa shape index (κ3) is 5.71. The second-order valence-corrected chi connectivity index (χ2v) is 8.70. The maximum Gasteiger partial charge on any atom is 0.416 e. The van der Waals surface area contributed by atoms with Crippen molar-refractivity contribution >= 4 is 22.5 Å². The van der Waals surface area contributed by atoms with E-state index in [1.165, 1.54) is 38.1 Å². The predicted molar refractivity (Wildman–Crippen MR) is 122 cm³/mol. The number of nitrogens with one attached hydrogen (secondary N) is 2. The molecule has 198 valence electrons. The first kappa shape index (κ1) is 26.5. The molecule has 1 fully saturated rings. The number of anilines is 1. The van der Waals surface area contributed by atoms with Crippen molar-refractivity contribution in [1.82, 2.24) is 14.9 Å². The number of amides is 1. The minimum atomic E-state index is -4.71. The molecule has 13 heteroatoms. The summed E-state index contributed by atoms with van der Waals surface area (Å²) in [7, 11) is 0. The number of carbonyl (C=O) groups is 1. The van der Waals surface area contributed by atoms with Gasteiger partial charge in [0.25, 0.3) is 11.5 Å². The van der Waals surface area contributed by atoms with Gasteiger partial charge in [-0.1, -0.05) is 0 Å². The summed E-state index contributed by atoms with van der Waals surface area (Å²) >= 11 is 0. The molecule has 1 aliphatic heterocycles. The summed E-state index contributed by atoms with van der Waals surface area (Å²) < 4.78 is 85.1. The zero-order valence-electron chi connectivity index (χ0n) is 19.6. The molecule has 2 N–H and O–H groups in total. The first-order valence-corrected chi connectivity index (χ1v) is 11.2. The van der Waals surface area contributed by atoms with Gasteiger partial charge in [-0.15, -0.1) is 0 Å². The Labute approximate surface area is 206 Å². The Hall–Kier alpha value is -3.61. The van der Waals surface area contributed by atoms with Crippen LogP contribution < -0.4 is 10.9 Å². The quantitative estimate of drug-likeness (QED) is 0.474. The van der Waals surface area contributed by atoms with Crippen LogP contribution in [0.15, 0.2) is 41.2 Å². The number of benzene rings is 2. The fourth-order valence-electron chi connectivity index (χ4n) is 4.17. The molecule has 0 bridgehead atoms. The second-order valence-electron chi connectivity index (χ2n) is 8.70. The molecule has 2 heterocycles. The van der Waals surface area contributed by atoms with Gasteiger partial charge in [-0.05, 0) is 55.8 Å². The maximum atomic E-state index is 13.8. The third-order valence-electron chi connectivity index (χ3n) is 6.00. The third-order valence-corrected chi connectivity index (χ3v) is 6.00. The van der Waals surface area contributed by atoms with Crippen molar-refractivity contribution in [2.24, 2.45) is 0 Å². The number of halogens is 6. The van der Waals surface area contributed by atoms with Crippen LogP contribution in [-0.2, 0) is 10.9 Å². The standard InChI is InChI=1S/C24H22F6N4O3/c1-12(16-9-17-19(10-18(16)23(25,26)27)32-13(2)33-21(17)35)31-15-5-3-14(4-6-15)22(36)34-7-8-37-20(11-34)24(28,29)30/h3-6,9-10,12,20,31H,7-8,11H2,1-2H3,(H,32,33,35).